The lowest BCUT2D eigenvalue weighted by Gasteiger charge is -2.09. The number of rotatable bonds is 6. The maximum atomic E-state index is 11.7. The first-order valence-corrected chi connectivity index (χ1v) is 7.02. The van der Waals surface area contributed by atoms with E-state index in [4.69, 9.17) is 0 Å². The molecule has 0 N–H and O–H groups in total. The molecule has 0 radical (unpaired) electrons. The van der Waals surface area contributed by atoms with Gasteiger partial charge < -0.3 is 4.74 Å². The van der Waals surface area contributed by atoms with Crippen LogP contribution in [0.15, 0.2) is 18.5 Å². The minimum atomic E-state index is -3.27. The summed E-state index contributed by atoms with van der Waals surface area (Å²) < 4.78 is 29.4. The quantitative estimate of drug-likeness (QED) is 0.678. The Balaban J connectivity index is 2.49. The van der Waals surface area contributed by atoms with Crippen LogP contribution in [-0.2, 0) is 25.9 Å². The minimum Gasteiger partial charge on any atom is -0.469 e. The zero-order chi connectivity index (χ0) is 12.9. The van der Waals surface area contributed by atoms with Crippen LogP contribution in [0.4, 0.5) is 0 Å². The number of hydrogen-bond donors (Lipinski definition) is 0. The zero-order valence-corrected chi connectivity index (χ0v) is 10.7. The van der Waals surface area contributed by atoms with E-state index in [1.807, 2.05) is 0 Å². The topological polar surface area (TPSA) is 78.3 Å². The molecule has 0 fully saturated rings. The first kappa shape index (κ1) is 13.7. The van der Waals surface area contributed by atoms with Crippen LogP contribution >= 0.6 is 0 Å². The van der Waals surface area contributed by atoms with Gasteiger partial charge in [0.1, 0.15) is 0 Å². The maximum Gasteiger partial charge on any atom is 0.309 e. The number of carbonyl (C=O) groups excluding carboxylic acids is 1. The standard InChI is InChI=1S/C10H16N2O4S/c1-9(10(13)16-2)8-17(14,15)7-6-12-5-3-4-11-12/h3-5,9H,6-8H2,1-2H3. The van der Waals surface area contributed by atoms with Crippen LogP contribution in [0.2, 0.25) is 0 Å². The Hall–Kier alpha value is -1.37. The van der Waals surface area contributed by atoms with Crippen molar-refractivity contribution < 1.29 is 17.9 Å². The number of aromatic nitrogens is 2. The smallest absolute Gasteiger partial charge is 0.309 e. The van der Waals surface area contributed by atoms with Crippen LogP contribution in [0.1, 0.15) is 6.92 Å². The highest BCUT2D eigenvalue weighted by Gasteiger charge is 2.21. The Labute approximate surface area is 100 Å². The minimum absolute atomic E-state index is 0.0317. The van der Waals surface area contributed by atoms with Gasteiger partial charge in [-0.1, -0.05) is 6.92 Å². The SMILES string of the molecule is COC(=O)C(C)CS(=O)(=O)CCn1cccn1. The van der Waals surface area contributed by atoms with E-state index in [0.717, 1.165) is 0 Å². The molecule has 6 nitrogen and oxygen atoms in total. The molecule has 0 aliphatic carbocycles. The third-order valence-corrected chi connectivity index (χ3v) is 4.11. The summed E-state index contributed by atoms with van der Waals surface area (Å²) in [6.07, 6.45) is 3.28. The van der Waals surface area contributed by atoms with Gasteiger partial charge in [-0.05, 0) is 6.07 Å². The summed E-state index contributed by atoms with van der Waals surface area (Å²) in [7, 11) is -2.03. The molecule has 0 saturated heterocycles. The van der Waals surface area contributed by atoms with Gasteiger partial charge in [0, 0.05) is 12.4 Å². The lowest BCUT2D eigenvalue weighted by atomic mass is 10.2. The second-order valence-corrected chi connectivity index (χ2v) is 6.04. The molecule has 1 aromatic rings. The van der Waals surface area contributed by atoms with Gasteiger partial charge in [0.05, 0.1) is 31.1 Å². The van der Waals surface area contributed by atoms with E-state index in [9.17, 15) is 13.2 Å². The molecule has 0 saturated carbocycles. The fourth-order valence-electron chi connectivity index (χ4n) is 1.40. The summed E-state index contributed by atoms with van der Waals surface area (Å²) in [5, 5.41) is 3.91. The number of aryl methyl sites for hydroxylation is 1. The van der Waals surface area contributed by atoms with Gasteiger partial charge in [0.2, 0.25) is 0 Å². The average Bonchev–Trinajstić information content (AvgIpc) is 2.77. The Morgan fingerprint density at radius 3 is 2.76 bits per heavy atom. The predicted octanol–water partition coefficient (Wildman–Crippen LogP) is 0.107. The second-order valence-electron chi connectivity index (χ2n) is 3.81. The normalized spacial score (nSPS) is 13.3. The molecule has 1 atom stereocenters. The van der Waals surface area contributed by atoms with E-state index in [-0.39, 0.29) is 11.5 Å². The molecule has 0 spiro atoms. The Morgan fingerprint density at radius 1 is 1.53 bits per heavy atom. The third kappa shape index (κ3) is 4.56. The molecule has 0 amide bonds. The van der Waals surface area contributed by atoms with Gasteiger partial charge in [0.25, 0.3) is 0 Å². The number of esters is 1. The highest BCUT2D eigenvalue weighted by Crippen LogP contribution is 2.05. The van der Waals surface area contributed by atoms with Gasteiger partial charge in [0.15, 0.2) is 9.84 Å². The van der Waals surface area contributed by atoms with Gasteiger partial charge in [-0.3, -0.25) is 9.48 Å². The lowest BCUT2D eigenvalue weighted by molar-refractivity contribution is -0.144. The van der Waals surface area contributed by atoms with Crippen LogP contribution in [0.3, 0.4) is 0 Å². The van der Waals surface area contributed by atoms with Crippen molar-refractivity contribution in [2.24, 2.45) is 5.92 Å². The van der Waals surface area contributed by atoms with Crippen molar-refractivity contribution in [3.05, 3.63) is 18.5 Å². The number of carbonyl (C=O) groups is 1. The summed E-state index contributed by atoms with van der Waals surface area (Å²) in [6, 6.07) is 1.73. The first-order chi connectivity index (χ1) is 7.94. The van der Waals surface area contributed by atoms with Crippen molar-refractivity contribution in [2.45, 2.75) is 13.5 Å². The summed E-state index contributed by atoms with van der Waals surface area (Å²) in [6.45, 7) is 1.83. The largest absolute Gasteiger partial charge is 0.469 e. The van der Waals surface area contributed by atoms with Gasteiger partial charge in [-0.15, -0.1) is 0 Å². The average molecular weight is 260 g/mol. The fourth-order valence-corrected chi connectivity index (χ4v) is 2.93. The van der Waals surface area contributed by atoms with Crippen molar-refractivity contribution in [2.75, 3.05) is 18.6 Å². The molecule has 1 unspecified atom stereocenters. The monoisotopic (exact) mass is 260 g/mol. The summed E-state index contributed by atoms with van der Waals surface area (Å²) in [5.41, 5.74) is 0. The Morgan fingerprint density at radius 2 is 2.24 bits per heavy atom. The second kappa shape index (κ2) is 5.81. The lowest BCUT2D eigenvalue weighted by Crippen LogP contribution is -2.25. The van der Waals surface area contributed by atoms with Crippen LogP contribution in [0.5, 0.6) is 0 Å². The van der Waals surface area contributed by atoms with E-state index in [2.05, 4.69) is 9.84 Å². The fraction of sp³-hybridized carbons (Fsp3) is 0.600. The van der Waals surface area contributed by atoms with Crippen LogP contribution in [-0.4, -0.2) is 42.8 Å². The molecule has 7 heteroatoms. The van der Waals surface area contributed by atoms with Gasteiger partial charge in [-0.2, -0.15) is 5.10 Å². The molecular formula is C10H16N2O4S. The van der Waals surface area contributed by atoms with E-state index >= 15 is 0 Å². The molecule has 0 aliphatic heterocycles. The Bertz CT molecular complexity index is 453. The first-order valence-electron chi connectivity index (χ1n) is 5.20. The summed E-state index contributed by atoms with van der Waals surface area (Å²) >= 11 is 0. The van der Waals surface area contributed by atoms with Crippen LogP contribution in [0, 0.1) is 5.92 Å². The van der Waals surface area contributed by atoms with Crippen molar-refractivity contribution in [3.63, 3.8) is 0 Å². The molecule has 1 heterocycles. The molecular weight excluding hydrogens is 244 g/mol. The van der Waals surface area contributed by atoms with Crippen LogP contribution in [0.25, 0.3) is 0 Å². The molecule has 1 aromatic heterocycles. The van der Waals surface area contributed by atoms with Crippen LogP contribution < -0.4 is 0 Å². The third-order valence-electron chi connectivity index (χ3n) is 2.30. The van der Waals surface area contributed by atoms with E-state index in [1.54, 1.807) is 23.1 Å². The zero-order valence-electron chi connectivity index (χ0n) is 9.87. The number of methoxy groups -OCH3 is 1. The molecule has 17 heavy (non-hydrogen) atoms. The number of nitrogens with zero attached hydrogens (tertiary/aromatic N) is 2. The molecule has 0 aliphatic rings. The van der Waals surface area contributed by atoms with Crippen molar-refractivity contribution in [1.82, 2.24) is 9.78 Å². The molecule has 0 aromatic carbocycles. The van der Waals surface area contributed by atoms with Crippen molar-refractivity contribution in [1.29, 1.82) is 0 Å². The number of hydrogen-bond acceptors (Lipinski definition) is 5. The summed E-state index contributed by atoms with van der Waals surface area (Å²) in [4.78, 5) is 11.1. The number of ether oxygens (including phenoxy) is 1. The highest BCUT2D eigenvalue weighted by atomic mass is 32.2. The Kier molecular flexibility index (Phi) is 4.68. The molecule has 0 bridgehead atoms. The van der Waals surface area contributed by atoms with Gasteiger partial charge >= 0.3 is 5.97 Å². The summed E-state index contributed by atoms with van der Waals surface area (Å²) in [5.74, 6) is -1.37. The highest BCUT2D eigenvalue weighted by molar-refractivity contribution is 7.91. The molecule has 1 rings (SSSR count). The van der Waals surface area contributed by atoms with E-state index < -0.39 is 21.7 Å². The van der Waals surface area contributed by atoms with E-state index in [1.165, 1.54) is 14.0 Å². The van der Waals surface area contributed by atoms with E-state index in [0.29, 0.717) is 6.54 Å². The maximum absolute atomic E-state index is 11.7. The molecule has 96 valence electrons. The van der Waals surface area contributed by atoms with Crippen molar-refractivity contribution in [3.8, 4) is 0 Å². The van der Waals surface area contributed by atoms with Crippen molar-refractivity contribution >= 4 is 15.8 Å². The predicted molar refractivity (Wildman–Crippen MR) is 62.1 cm³/mol. The number of sulfone groups is 1. The van der Waals surface area contributed by atoms with Gasteiger partial charge in [-0.25, -0.2) is 8.42 Å².